The maximum Gasteiger partial charge on any atom is 0.338 e. The summed E-state index contributed by atoms with van der Waals surface area (Å²) in [5, 5.41) is 29.9. The molecule has 4 atom stereocenters. The van der Waals surface area contributed by atoms with Gasteiger partial charge in [0.25, 0.3) is 0 Å². The Morgan fingerprint density at radius 3 is 1.17 bits per heavy atom. The van der Waals surface area contributed by atoms with Crippen molar-refractivity contribution in [2.24, 2.45) is 0 Å². The van der Waals surface area contributed by atoms with E-state index in [0.29, 0.717) is 60.8 Å². The van der Waals surface area contributed by atoms with Crippen molar-refractivity contribution < 1.29 is 58.2 Å². The van der Waals surface area contributed by atoms with Crippen molar-refractivity contribution in [3.05, 3.63) is 124 Å². The molecule has 4 aliphatic rings. The number of β-amino-alcohol motifs (C(OH)–C–C–N with tert-alkyl or cyclic N) is 2. The predicted molar refractivity (Wildman–Crippen MR) is 270 cm³/mol. The van der Waals surface area contributed by atoms with Crippen molar-refractivity contribution in [3.63, 3.8) is 0 Å². The Hall–Kier alpha value is -5.56. The van der Waals surface area contributed by atoms with E-state index in [1.807, 2.05) is 60.7 Å². The van der Waals surface area contributed by atoms with Crippen molar-refractivity contribution in [2.45, 2.75) is 70.9 Å². The summed E-state index contributed by atoms with van der Waals surface area (Å²) in [6.07, 6.45) is 4.12. The minimum atomic E-state index is -0.886. The molecule has 4 saturated heterocycles. The monoisotopic (exact) mass is 1020 g/mol. The number of hydrogen-bond donors (Lipinski definition) is 4. The highest BCUT2D eigenvalue weighted by molar-refractivity contribution is 9.10. The minimum Gasteiger partial charge on any atom is -0.478 e. The summed E-state index contributed by atoms with van der Waals surface area (Å²) < 4.78 is 26.3. The summed E-state index contributed by atoms with van der Waals surface area (Å²) in [6.45, 7) is 13.6. The number of rotatable bonds is 12. The number of halogens is 1. The average Bonchev–Trinajstić information content (AvgIpc) is 4.23. The van der Waals surface area contributed by atoms with E-state index in [-0.39, 0.29) is 30.1 Å². The van der Waals surface area contributed by atoms with Crippen LogP contribution in [0.3, 0.4) is 0 Å². The van der Waals surface area contributed by atoms with Gasteiger partial charge in [0.2, 0.25) is 0 Å². The lowest BCUT2D eigenvalue weighted by Gasteiger charge is -2.18. The molecule has 4 fully saturated rings. The summed E-state index contributed by atoms with van der Waals surface area (Å²) >= 11 is 3.28. The standard InChI is InChI=1S/C14H19NO3.C13H17NO3.C12H15NO3.C9H9BrO2.C4H9NO/c1-3-18-14(16)11-4-6-12(7-5-11)15-9-8-13(10-15)17-2;1-2-17-13(16)10-3-5-11(6-4-10)14-8-7-12(15)9-14;1-16-11-6-7-13(8-11)10-4-2-9(3-5-10)12(14)15;1-2-12-9(11)7-3-5-8(10)6-4-7;6-4-1-2-5-3-4/h4-7,13H,3,8-10H2,1-2H3;3-6,12,15H,2,7-9H2,1H3;2-5,11H,6-8H2,1H3,(H,14,15);3-6H,2H2,1H3;4-6H,1-3H2/t13-;12-;11-;;4-/m111.1/s1. The van der Waals surface area contributed by atoms with Crippen LogP contribution in [0.15, 0.2) is 102 Å². The van der Waals surface area contributed by atoms with Gasteiger partial charge in [0.1, 0.15) is 0 Å². The fourth-order valence-corrected chi connectivity index (χ4v) is 7.85. The fourth-order valence-electron chi connectivity index (χ4n) is 7.59. The Morgan fingerprint density at radius 1 is 0.536 bits per heavy atom. The topological polar surface area (TPSA) is 197 Å². The zero-order chi connectivity index (χ0) is 50.1. The summed E-state index contributed by atoms with van der Waals surface area (Å²) in [7, 11) is 3.47. The molecule has 4 aromatic rings. The molecule has 4 heterocycles. The van der Waals surface area contributed by atoms with Gasteiger partial charge >= 0.3 is 23.9 Å². The Morgan fingerprint density at radius 2 is 0.899 bits per heavy atom. The Kier molecular flexibility index (Phi) is 24.5. The van der Waals surface area contributed by atoms with Crippen LogP contribution >= 0.6 is 15.9 Å². The largest absolute Gasteiger partial charge is 0.478 e. The van der Waals surface area contributed by atoms with Gasteiger partial charge in [-0.05, 0) is 150 Å². The van der Waals surface area contributed by atoms with Crippen LogP contribution < -0.4 is 20.0 Å². The third-order valence-corrected chi connectivity index (χ3v) is 12.0. The van der Waals surface area contributed by atoms with Crippen molar-refractivity contribution in [3.8, 4) is 0 Å². The molecule has 0 spiro atoms. The maximum atomic E-state index is 11.5. The predicted octanol–water partition coefficient (Wildman–Crippen LogP) is 7.10. The van der Waals surface area contributed by atoms with Crippen molar-refractivity contribution >= 4 is 56.9 Å². The number of ether oxygens (including phenoxy) is 5. The van der Waals surface area contributed by atoms with Gasteiger partial charge in [-0.3, -0.25) is 0 Å². The highest BCUT2D eigenvalue weighted by atomic mass is 79.9. The molecule has 69 heavy (non-hydrogen) atoms. The first-order chi connectivity index (χ1) is 33.3. The van der Waals surface area contributed by atoms with Gasteiger partial charge in [-0.25, -0.2) is 19.2 Å². The Labute approximate surface area is 414 Å². The molecule has 0 aromatic heterocycles. The normalized spacial score (nSPS) is 19.0. The number of carbonyl (C=O) groups is 4. The molecule has 0 aliphatic carbocycles. The van der Waals surface area contributed by atoms with Crippen LogP contribution in [0.5, 0.6) is 0 Å². The van der Waals surface area contributed by atoms with E-state index in [9.17, 15) is 24.3 Å². The number of aromatic carboxylic acids is 1. The van der Waals surface area contributed by atoms with Crippen molar-refractivity contribution in [1.29, 1.82) is 0 Å². The van der Waals surface area contributed by atoms with Gasteiger partial charge in [0.05, 0.1) is 66.5 Å². The molecule has 17 heteroatoms. The molecule has 4 N–H and O–H groups in total. The number of aliphatic hydroxyl groups excluding tert-OH is 2. The number of anilines is 3. The van der Waals surface area contributed by atoms with Crippen LogP contribution in [0.25, 0.3) is 0 Å². The smallest absolute Gasteiger partial charge is 0.338 e. The molecule has 0 amide bonds. The first kappa shape index (κ1) is 56.0. The molecular formula is C52H69BrN4O12. The number of nitrogens with zero attached hydrogens (tertiary/aromatic N) is 3. The van der Waals surface area contributed by atoms with E-state index >= 15 is 0 Å². The number of nitrogens with one attached hydrogen (secondary N) is 1. The average molecular weight is 1020 g/mol. The van der Waals surface area contributed by atoms with E-state index in [1.54, 1.807) is 71.4 Å². The first-order valence-corrected chi connectivity index (χ1v) is 24.3. The molecular weight excluding hydrogens is 952 g/mol. The third kappa shape index (κ3) is 19.0. The zero-order valence-corrected chi connectivity index (χ0v) is 42.0. The summed E-state index contributed by atoms with van der Waals surface area (Å²) in [4.78, 5) is 51.4. The number of methoxy groups -OCH3 is 2. The highest BCUT2D eigenvalue weighted by Gasteiger charge is 2.24. The minimum absolute atomic E-state index is 0.0648. The molecule has 376 valence electrons. The number of esters is 3. The van der Waals surface area contributed by atoms with Crippen LogP contribution in [0, 0.1) is 0 Å². The van der Waals surface area contributed by atoms with Gasteiger partial charge in [-0.15, -0.1) is 0 Å². The molecule has 0 radical (unpaired) electrons. The fraction of sp³-hybridized carbons (Fsp3) is 0.462. The quantitative estimate of drug-likeness (QED) is 0.0828. The van der Waals surface area contributed by atoms with Crippen LogP contribution in [0.2, 0.25) is 0 Å². The number of benzene rings is 4. The van der Waals surface area contributed by atoms with E-state index in [2.05, 4.69) is 35.9 Å². The van der Waals surface area contributed by atoms with Gasteiger partial charge < -0.3 is 59.0 Å². The molecule has 16 nitrogen and oxygen atoms in total. The SMILES string of the molecule is CCOC(=O)c1ccc(Br)cc1.CCOC(=O)c1ccc(N2CC[C@@H](O)C2)cc1.CCOC(=O)c1ccc(N2CC[C@@H](OC)C2)cc1.CO[C@@H]1CCN(c2ccc(C(=O)O)cc2)C1.O[C@@H]1CCNC1. The zero-order valence-electron chi connectivity index (χ0n) is 40.4. The van der Waals surface area contributed by atoms with Gasteiger partial charge in [-0.1, -0.05) is 15.9 Å². The van der Waals surface area contributed by atoms with E-state index in [0.717, 1.165) is 93.0 Å². The Bertz CT molecular complexity index is 2140. The van der Waals surface area contributed by atoms with Gasteiger partial charge in [0, 0.05) is 81.6 Å². The molecule has 8 rings (SSSR count). The molecule has 0 saturated carbocycles. The van der Waals surface area contributed by atoms with E-state index in [4.69, 9.17) is 33.9 Å². The number of carbonyl (C=O) groups excluding carboxylic acids is 3. The lowest BCUT2D eigenvalue weighted by Crippen LogP contribution is -2.22. The number of carboxylic acid groups (broad SMARTS) is 1. The number of carboxylic acids is 1. The maximum absolute atomic E-state index is 11.5. The highest BCUT2D eigenvalue weighted by Crippen LogP contribution is 2.24. The summed E-state index contributed by atoms with van der Waals surface area (Å²) in [5.41, 5.74) is 5.30. The molecule has 4 aromatic carbocycles. The Balaban J connectivity index is 0.000000194. The van der Waals surface area contributed by atoms with Gasteiger partial charge in [0.15, 0.2) is 0 Å². The lowest BCUT2D eigenvalue weighted by molar-refractivity contribution is 0.0516. The number of aliphatic hydroxyl groups is 2. The summed E-state index contributed by atoms with van der Waals surface area (Å²) in [6, 6.07) is 28.9. The third-order valence-electron chi connectivity index (χ3n) is 11.5. The van der Waals surface area contributed by atoms with Crippen LogP contribution in [-0.4, -0.2) is 150 Å². The van der Waals surface area contributed by atoms with Crippen molar-refractivity contribution in [1.82, 2.24) is 5.32 Å². The van der Waals surface area contributed by atoms with Gasteiger partial charge in [-0.2, -0.15) is 0 Å². The lowest BCUT2D eigenvalue weighted by atomic mass is 10.2. The van der Waals surface area contributed by atoms with Crippen LogP contribution in [-0.2, 0) is 23.7 Å². The van der Waals surface area contributed by atoms with E-state index in [1.165, 1.54) is 0 Å². The summed E-state index contributed by atoms with van der Waals surface area (Å²) in [5.74, 6) is -1.71. The molecule has 0 unspecified atom stereocenters. The second kappa shape index (κ2) is 30.1. The molecule has 0 bridgehead atoms. The van der Waals surface area contributed by atoms with Crippen molar-refractivity contribution in [2.75, 3.05) is 101 Å². The molecule has 4 aliphatic heterocycles. The second-order valence-corrected chi connectivity index (χ2v) is 17.2. The first-order valence-electron chi connectivity index (χ1n) is 23.5. The van der Waals surface area contributed by atoms with Crippen LogP contribution in [0.4, 0.5) is 17.1 Å². The second-order valence-electron chi connectivity index (χ2n) is 16.3. The van der Waals surface area contributed by atoms with Crippen LogP contribution in [0.1, 0.15) is 87.9 Å². The number of hydrogen-bond acceptors (Lipinski definition) is 15. The van der Waals surface area contributed by atoms with E-state index < -0.39 is 5.97 Å².